The molecule has 0 saturated carbocycles. The second kappa shape index (κ2) is 14.3. The molecule has 1 saturated heterocycles. The van der Waals surface area contributed by atoms with Crippen LogP contribution in [0.5, 0.6) is 17.2 Å². The van der Waals surface area contributed by atoms with Gasteiger partial charge in [0.05, 0.1) is 14.2 Å². The summed E-state index contributed by atoms with van der Waals surface area (Å²) in [6, 6.07) is 21.9. The Labute approximate surface area is 244 Å². The van der Waals surface area contributed by atoms with Gasteiger partial charge in [0.25, 0.3) is 0 Å². The van der Waals surface area contributed by atoms with Crippen LogP contribution in [0, 0.1) is 0 Å². The minimum absolute atomic E-state index is 0.0327. The molecule has 40 heavy (non-hydrogen) atoms. The van der Waals surface area contributed by atoms with Crippen molar-refractivity contribution < 1.29 is 27.7 Å². The van der Waals surface area contributed by atoms with Crippen molar-refractivity contribution in [1.82, 2.24) is 14.5 Å². The van der Waals surface area contributed by atoms with Crippen LogP contribution >= 0.6 is 15.9 Å². The molecule has 3 aromatic carbocycles. The summed E-state index contributed by atoms with van der Waals surface area (Å²) in [5.41, 5.74) is 1.03. The summed E-state index contributed by atoms with van der Waals surface area (Å²) >= 11 is 3.40. The van der Waals surface area contributed by atoms with Crippen molar-refractivity contribution in [2.24, 2.45) is 0 Å². The van der Waals surface area contributed by atoms with E-state index in [9.17, 15) is 13.5 Å². The number of benzene rings is 3. The largest absolute Gasteiger partial charge is 0.497 e. The number of nitrogens with zero attached hydrogens (tertiary/aromatic N) is 2. The number of methoxy groups -OCH3 is 2. The van der Waals surface area contributed by atoms with Gasteiger partial charge in [0.1, 0.15) is 34.9 Å². The van der Waals surface area contributed by atoms with Crippen LogP contribution in [0.25, 0.3) is 0 Å². The van der Waals surface area contributed by atoms with E-state index >= 15 is 0 Å². The molecular formula is C29H36BrN3O6S. The molecular weight excluding hydrogens is 598 g/mol. The van der Waals surface area contributed by atoms with Crippen LogP contribution in [0.4, 0.5) is 0 Å². The van der Waals surface area contributed by atoms with Crippen molar-refractivity contribution in [1.29, 1.82) is 0 Å². The van der Waals surface area contributed by atoms with Crippen LogP contribution in [0.2, 0.25) is 0 Å². The van der Waals surface area contributed by atoms with Gasteiger partial charge in [0, 0.05) is 55.8 Å². The fourth-order valence-electron chi connectivity index (χ4n) is 4.72. The molecule has 0 amide bonds. The molecule has 11 heteroatoms. The molecule has 0 spiro atoms. The number of rotatable bonds is 13. The molecule has 9 nitrogen and oxygen atoms in total. The fourth-order valence-corrected chi connectivity index (χ4v) is 6.21. The SMILES string of the molecule is COc1ccc(OC)c(S(=O)(=O)NCC(c2ccccc2)N2CCN(CC(O)COc3ccc(Br)cc3)CC2)c1. The van der Waals surface area contributed by atoms with Crippen molar-refractivity contribution in [2.45, 2.75) is 17.0 Å². The molecule has 1 aliphatic heterocycles. The monoisotopic (exact) mass is 633 g/mol. The number of piperazine rings is 1. The lowest BCUT2D eigenvalue weighted by Gasteiger charge is -2.40. The lowest BCUT2D eigenvalue weighted by Crippen LogP contribution is -2.51. The number of nitrogens with one attached hydrogen (secondary N) is 1. The zero-order chi connectivity index (χ0) is 28.5. The Bertz CT molecular complexity index is 1320. The average Bonchev–Trinajstić information content (AvgIpc) is 2.98. The summed E-state index contributed by atoms with van der Waals surface area (Å²) in [6.07, 6.45) is -0.621. The zero-order valence-electron chi connectivity index (χ0n) is 22.7. The quantitative estimate of drug-likeness (QED) is 0.295. The highest BCUT2D eigenvalue weighted by atomic mass is 79.9. The molecule has 2 N–H and O–H groups in total. The van der Waals surface area contributed by atoms with Crippen LogP contribution < -0.4 is 18.9 Å². The maximum Gasteiger partial charge on any atom is 0.244 e. The molecule has 2 unspecified atom stereocenters. The second-order valence-electron chi connectivity index (χ2n) is 9.55. The number of hydrogen-bond acceptors (Lipinski definition) is 8. The maximum absolute atomic E-state index is 13.3. The summed E-state index contributed by atoms with van der Waals surface area (Å²) in [6.45, 7) is 3.85. The first-order valence-corrected chi connectivity index (χ1v) is 15.4. The average molecular weight is 635 g/mol. The van der Waals surface area contributed by atoms with Crippen LogP contribution in [-0.4, -0.2) is 89.5 Å². The molecule has 0 aromatic heterocycles. The van der Waals surface area contributed by atoms with E-state index in [4.69, 9.17) is 14.2 Å². The fraction of sp³-hybridized carbons (Fsp3) is 0.379. The minimum Gasteiger partial charge on any atom is -0.497 e. The Morgan fingerprint density at radius 3 is 2.25 bits per heavy atom. The number of aliphatic hydroxyl groups is 1. The Kier molecular flexibility index (Phi) is 10.8. The Balaban J connectivity index is 1.37. The van der Waals surface area contributed by atoms with Crippen LogP contribution in [0.3, 0.4) is 0 Å². The molecule has 4 rings (SSSR count). The number of ether oxygens (including phenoxy) is 3. The molecule has 0 radical (unpaired) electrons. The normalized spacial score (nSPS) is 16.3. The topological polar surface area (TPSA) is 101 Å². The lowest BCUT2D eigenvalue weighted by atomic mass is 10.0. The molecule has 1 fully saturated rings. The molecule has 1 aliphatic rings. The Morgan fingerprint density at radius 1 is 0.925 bits per heavy atom. The van der Waals surface area contributed by atoms with Gasteiger partial charge < -0.3 is 19.3 Å². The molecule has 0 aliphatic carbocycles. The van der Waals surface area contributed by atoms with Gasteiger partial charge in [0.15, 0.2) is 0 Å². The van der Waals surface area contributed by atoms with Gasteiger partial charge >= 0.3 is 0 Å². The summed E-state index contributed by atoms with van der Waals surface area (Å²) in [5, 5.41) is 10.5. The van der Waals surface area contributed by atoms with E-state index in [1.54, 1.807) is 12.1 Å². The predicted molar refractivity (Wildman–Crippen MR) is 158 cm³/mol. The molecule has 1 heterocycles. The standard InChI is InChI=1S/C29H36BrN3O6S/c1-37-26-12-13-28(38-2)29(18-26)40(35,36)31-19-27(22-6-4-3-5-7-22)33-16-14-32(15-17-33)20-24(34)21-39-25-10-8-23(30)9-11-25/h3-13,18,24,27,31,34H,14-17,19-21H2,1-2H3. The number of β-amino-alcohol motifs (C(OH)–C–C–N with tert-alkyl or cyclic N) is 1. The molecule has 0 bridgehead atoms. The summed E-state index contributed by atoms with van der Waals surface area (Å²) in [5.74, 6) is 1.40. The number of aliphatic hydroxyl groups excluding tert-OH is 1. The van der Waals surface area contributed by atoms with Gasteiger partial charge in [-0.05, 0) is 42.0 Å². The van der Waals surface area contributed by atoms with E-state index in [1.165, 1.54) is 20.3 Å². The van der Waals surface area contributed by atoms with Crippen molar-refractivity contribution in [3.05, 3.63) is 82.8 Å². The first-order valence-electron chi connectivity index (χ1n) is 13.1. The van der Waals surface area contributed by atoms with E-state index in [2.05, 4.69) is 30.5 Å². The van der Waals surface area contributed by atoms with Crippen molar-refractivity contribution in [2.75, 3.05) is 60.1 Å². The highest BCUT2D eigenvalue weighted by molar-refractivity contribution is 9.10. The third-order valence-corrected chi connectivity index (χ3v) is 8.86. The zero-order valence-corrected chi connectivity index (χ0v) is 25.1. The van der Waals surface area contributed by atoms with Gasteiger partial charge in [-0.2, -0.15) is 0 Å². The van der Waals surface area contributed by atoms with Gasteiger partial charge in [0.2, 0.25) is 10.0 Å². The van der Waals surface area contributed by atoms with Crippen molar-refractivity contribution >= 4 is 26.0 Å². The van der Waals surface area contributed by atoms with E-state index < -0.39 is 16.1 Å². The van der Waals surface area contributed by atoms with E-state index in [0.717, 1.165) is 36.2 Å². The third-order valence-electron chi connectivity index (χ3n) is 6.88. The molecule has 216 valence electrons. The van der Waals surface area contributed by atoms with Gasteiger partial charge in [-0.3, -0.25) is 9.80 Å². The summed E-state index contributed by atoms with van der Waals surface area (Å²) in [4.78, 5) is 4.52. The highest BCUT2D eigenvalue weighted by Gasteiger charge is 2.28. The van der Waals surface area contributed by atoms with Gasteiger partial charge in [-0.1, -0.05) is 46.3 Å². The predicted octanol–water partition coefficient (Wildman–Crippen LogP) is 3.54. The molecule has 3 aromatic rings. The smallest absolute Gasteiger partial charge is 0.244 e. The Hall–Kier alpha value is -2.67. The van der Waals surface area contributed by atoms with Gasteiger partial charge in [-0.25, -0.2) is 13.1 Å². The molecule has 2 atom stereocenters. The van der Waals surface area contributed by atoms with Crippen LogP contribution in [-0.2, 0) is 10.0 Å². The first kappa shape index (κ1) is 30.3. The van der Waals surface area contributed by atoms with Crippen molar-refractivity contribution in [3.8, 4) is 17.2 Å². The third kappa shape index (κ3) is 8.18. The maximum atomic E-state index is 13.3. The first-order chi connectivity index (χ1) is 19.3. The van der Waals surface area contributed by atoms with E-state index in [0.29, 0.717) is 18.0 Å². The van der Waals surface area contributed by atoms with Crippen LogP contribution in [0.1, 0.15) is 11.6 Å². The van der Waals surface area contributed by atoms with E-state index in [1.807, 2.05) is 54.6 Å². The summed E-state index contributed by atoms with van der Waals surface area (Å²) < 4.78 is 46.7. The number of halogens is 1. The Morgan fingerprint density at radius 2 is 1.60 bits per heavy atom. The van der Waals surface area contributed by atoms with Gasteiger partial charge in [-0.15, -0.1) is 0 Å². The number of hydrogen-bond donors (Lipinski definition) is 2. The lowest BCUT2D eigenvalue weighted by molar-refractivity contribution is 0.0365. The van der Waals surface area contributed by atoms with E-state index in [-0.39, 0.29) is 29.8 Å². The second-order valence-corrected chi connectivity index (χ2v) is 12.2. The summed E-state index contributed by atoms with van der Waals surface area (Å²) in [7, 11) is -0.945. The number of sulfonamides is 1. The van der Waals surface area contributed by atoms with Crippen LogP contribution in [0.15, 0.2) is 82.2 Å². The highest BCUT2D eigenvalue weighted by Crippen LogP contribution is 2.29. The minimum atomic E-state index is -3.88. The van der Waals surface area contributed by atoms with Crippen molar-refractivity contribution in [3.63, 3.8) is 0 Å².